The van der Waals surface area contributed by atoms with E-state index in [9.17, 15) is 26.7 Å². The van der Waals surface area contributed by atoms with Gasteiger partial charge in [0.15, 0.2) is 0 Å². The number of rotatable bonds is 6. The second kappa shape index (κ2) is 10.9. The van der Waals surface area contributed by atoms with Gasteiger partial charge in [-0.05, 0) is 60.5 Å². The van der Waals surface area contributed by atoms with Crippen LogP contribution in [0, 0.1) is 6.92 Å². The third kappa shape index (κ3) is 6.55. The molecule has 1 aliphatic rings. The molecule has 39 heavy (non-hydrogen) atoms. The lowest BCUT2D eigenvalue weighted by Gasteiger charge is -2.33. The molecule has 0 radical (unpaired) electrons. The summed E-state index contributed by atoms with van der Waals surface area (Å²) < 4.78 is 68.3. The molecule has 208 valence electrons. The summed E-state index contributed by atoms with van der Waals surface area (Å²) >= 11 is 0. The van der Waals surface area contributed by atoms with Gasteiger partial charge in [0.25, 0.3) is 11.8 Å². The molecule has 0 bridgehead atoms. The first-order valence-corrected chi connectivity index (χ1v) is 12.6. The molecule has 1 aliphatic heterocycles. The van der Waals surface area contributed by atoms with Crippen molar-refractivity contribution in [2.45, 2.75) is 32.5 Å². The number of aromatic nitrogens is 1. The highest BCUT2D eigenvalue weighted by Gasteiger charge is 2.35. The molecule has 0 atom stereocenters. The van der Waals surface area contributed by atoms with Crippen molar-refractivity contribution in [1.82, 2.24) is 14.8 Å². The van der Waals surface area contributed by atoms with Crippen LogP contribution in [0.3, 0.4) is 0 Å². The fourth-order valence-electron chi connectivity index (χ4n) is 4.67. The molecule has 2 heterocycles. The van der Waals surface area contributed by atoms with Gasteiger partial charge in [-0.3, -0.25) is 4.79 Å². The Hall–Kier alpha value is -3.53. The smallest absolute Gasteiger partial charge is 0.354 e. The number of alkyl halides is 5. The first-order valence-electron chi connectivity index (χ1n) is 12.6. The first-order chi connectivity index (χ1) is 18.2. The summed E-state index contributed by atoms with van der Waals surface area (Å²) in [5.41, 5.74) is 0.715. The van der Waals surface area contributed by atoms with E-state index in [1.807, 2.05) is 37.3 Å². The van der Waals surface area contributed by atoms with Gasteiger partial charge in [0.05, 0.1) is 11.1 Å². The van der Waals surface area contributed by atoms with Crippen LogP contribution in [0.25, 0.3) is 11.1 Å². The van der Waals surface area contributed by atoms with Crippen LogP contribution in [0.5, 0.6) is 0 Å². The zero-order valence-corrected chi connectivity index (χ0v) is 22.3. The molecule has 0 N–H and O–H groups in total. The van der Waals surface area contributed by atoms with E-state index < -0.39 is 29.1 Å². The van der Waals surface area contributed by atoms with Crippen molar-refractivity contribution >= 4 is 11.7 Å². The van der Waals surface area contributed by atoms with Crippen LogP contribution in [0.15, 0.2) is 54.7 Å². The summed E-state index contributed by atoms with van der Waals surface area (Å²) in [5.74, 6) is -3.22. The van der Waals surface area contributed by atoms with Crippen molar-refractivity contribution in [3.05, 3.63) is 82.5 Å². The third-order valence-corrected chi connectivity index (χ3v) is 6.98. The Morgan fingerprint density at radius 1 is 0.949 bits per heavy atom. The van der Waals surface area contributed by atoms with Crippen molar-refractivity contribution in [2.24, 2.45) is 0 Å². The lowest BCUT2D eigenvalue weighted by Crippen LogP contribution is -2.44. The van der Waals surface area contributed by atoms with Gasteiger partial charge < -0.3 is 14.7 Å². The highest BCUT2D eigenvalue weighted by atomic mass is 19.4. The predicted octanol–water partition coefficient (Wildman–Crippen LogP) is 6.21. The number of piperazine rings is 1. The lowest BCUT2D eigenvalue weighted by molar-refractivity contribution is -0.137. The molecule has 5 nitrogen and oxygen atoms in total. The average Bonchev–Trinajstić information content (AvgIpc) is 2.87. The minimum Gasteiger partial charge on any atom is -0.354 e. The van der Waals surface area contributed by atoms with Gasteiger partial charge in [0.1, 0.15) is 5.82 Å². The largest absolute Gasteiger partial charge is 0.416 e. The maximum atomic E-state index is 14.0. The van der Waals surface area contributed by atoms with Crippen molar-refractivity contribution in [1.29, 1.82) is 0 Å². The topological polar surface area (TPSA) is 39.7 Å². The molecule has 3 aromatic rings. The number of halogens is 5. The quantitative estimate of drug-likeness (QED) is 0.345. The zero-order valence-electron chi connectivity index (χ0n) is 22.3. The molecule has 1 fully saturated rings. The summed E-state index contributed by atoms with van der Waals surface area (Å²) in [6, 6.07) is 11.7. The van der Waals surface area contributed by atoms with E-state index in [0.29, 0.717) is 18.6 Å². The van der Waals surface area contributed by atoms with Crippen molar-refractivity contribution in [2.75, 3.05) is 45.2 Å². The Labute approximate surface area is 224 Å². The van der Waals surface area contributed by atoms with E-state index in [1.165, 1.54) is 18.1 Å². The molecule has 0 aliphatic carbocycles. The number of carbonyl (C=O) groups excluding carboxylic acids is 1. The Bertz CT molecular complexity index is 1310. The van der Waals surface area contributed by atoms with Crippen LogP contribution in [0.4, 0.5) is 27.8 Å². The molecule has 1 amide bonds. The summed E-state index contributed by atoms with van der Waals surface area (Å²) in [6.07, 6.45) is -3.31. The molecule has 0 unspecified atom stereocenters. The maximum absolute atomic E-state index is 14.0. The van der Waals surface area contributed by atoms with Gasteiger partial charge in [-0.25, -0.2) is 13.8 Å². The zero-order chi connectivity index (χ0) is 28.5. The number of pyridine rings is 1. The second-order valence-corrected chi connectivity index (χ2v) is 10.2. The van der Waals surface area contributed by atoms with Gasteiger partial charge in [-0.2, -0.15) is 13.2 Å². The van der Waals surface area contributed by atoms with Gasteiger partial charge in [0.2, 0.25) is 0 Å². The number of amides is 1. The maximum Gasteiger partial charge on any atom is 0.416 e. The number of nitrogens with zero attached hydrogens (tertiary/aromatic N) is 4. The SMILES string of the molecule is Cc1ccccc1-c1cc(N2CCN(C)CC2)ncc1C(=O)N(C)Cc1cc(C(C)(F)F)cc(C(F)(F)F)c1. The van der Waals surface area contributed by atoms with Crippen LogP contribution in [-0.4, -0.2) is 61.0 Å². The standard InChI is InChI=1S/C29H31F5N4O/c1-19-7-5-6-8-23(19)24-16-26(38-11-9-36(3)10-12-38)35-17-25(24)27(39)37(4)18-20-13-21(28(2,30)31)15-22(14-20)29(32,33)34/h5-8,13-17H,9-12,18H2,1-4H3. The Morgan fingerprint density at radius 3 is 2.21 bits per heavy atom. The predicted molar refractivity (Wildman–Crippen MR) is 141 cm³/mol. The lowest BCUT2D eigenvalue weighted by atomic mass is 9.96. The van der Waals surface area contributed by atoms with Crippen LogP contribution in [0.2, 0.25) is 0 Å². The number of carbonyl (C=O) groups is 1. The van der Waals surface area contributed by atoms with E-state index in [1.54, 1.807) is 0 Å². The summed E-state index contributed by atoms with van der Waals surface area (Å²) in [5, 5.41) is 0. The highest BCUT2D eigenvalue weighted by Crippen LogP contribution is 2.36. The van der Waals surface area contributed by atoms with Gasteiger partial charge in [-0.1, -0.05) is 24.3 Å². The first kappa shape index (κ1) is 28.5. The van der Waals surface area contributed by atoms with Crippen LogP contribution < -0.4 is 4.90 Å². The van der Waals surface area contributed by atoms with Crippen molar-refractivity contribution in [3.8, 4) is 11.1 Å². The molecule has 1 aromatic heterocycles. The fourth-order valence-corrected chi connectivity index (χ4v) is 4.67. The van der Waals surface area contributed by atoms with Crippen molar-refractivity contribution < 1.29 is 26.7 Å². The van der Waals surface area contributed by atoms with Gasteiger partial charge in [-0.15, -0.1) is 0 Å². The third-order valence-electron chi connectivity index (χ3n) is 6.98. The molecule has 0 saturated carbocycles. The molecular weight excluding hydrogens is 515 g/mol. The summed E-state index contributed by atoms with van der Waals surface area (Å²) in [4.78, 5) is 23.8. The number of hydrogen-bond donors (Lipinski definition) is 0. The molecule has 0 spiro atoms. The normalized spacial score (nSPS) is 14.9. The minimum absolute atomic E-state index is 0.0448. The van der Waals surface area contributed by atoms with E-state index >= 15 is 0 Å². The number of aryl methyl sites for hydroxylation is 1. The van der Waals surface area contributed by atoms with E-state index in [0.717, 1.165) is 55.3 Å². The number of hydrogen-bond acceptors (Lipinski definition) is 4. The summed E-state index contributed by atoms with van der Waals surface area (Å²) in [6.45, 7) is 5.50. The molecule has 1 saturated heterocycles. The monoisotopic (exact) mass is 546 g/mol. The minimum atomic E-state index is -4.81. The Morgan fingerprint density at radius 2 is 1.59 bits per heavy atom. The van der Waals surface area contributed by atoms with Crippen LogP contribution in [-0.2, 0) is 18.6 Å². The summed E-state index contributed by atoms with van der Waals surface area (Å²) in [7, 11) is 3.48. The number of benzene rings is 2. The Kier molecular flexibility index (Phi) is 7.97. The fraction of sp³-hybridized carbons (Fsp3) is 0.379. The van der Waals surface area contributed by atoms with Gasteiger partial charge in [0, 0.05) is 58.5 Å². The molecule has 2 aromatic carbocycles. The second-order valence-electron chi connectivity index (χ2n) is 10.2. The highest BCUT2D eigenvalue weighted by molar-refractivity contribution is 6.01. The average molecular weight is 547 g/mol. The van der Waals surface area contributed by atoms with Crippen molar-refractivity contribution in [3.63, 3.8) is 0 Å². The molecular formula is C29H31F5N4O. The van der Waals surface area contributed by atoms with E-state index in [4.69, 9.17) is 0 Å². The van der Waals surface area contributed by atoms with E-state index in [2.05, 4.69) is 21.8 Å². The molecule has 4 rings (SSSR count). The van der Waals surface area contributed by atoms with Crippen LogP contribution in [0.1, 0.15) is 39.5 Å². The van der Waals surface area contributed by atoms with Crippen LogP contribution >= 0.6 is 0 Å². The number of likely N-dealkylation sites (N-methyl/N-ethyl adjacent to an activating group) is 1. The van der Waals surface area contributed by atoms with E-state index in [-0.39, 0.29) is 17.7 Å². The molecule has 10 heteroatoms. The Balaban J connectivity index is 1.70. The van der Waals surface area contributed by atoms with Gasteiger partial charge >= 0.3 is 6.18 Å². The number of anilines is 1.